The normalized spacial score (nSPS) is 24.5. The van der Waals surface area contributed by atoms with Crippen LogP contribution in [0.3, 0.4) is 0 Å². The quantitative estimate of drug-likeness (QED) is 0.271. The van der Waals surface area contributed by atoms with E-state index in [4.69, 9.17) is 23.5 Å². The van der Waals surface area contributed by atoms with Gasteiger partial charge in [-0.15, -0.1) is 0 Å². The number of hydrogen-bond donors (Lipinski definition) is 1. The van der Waals surface area contributed by atoms with Crippen LogP contribution in [0.1, 0.15) is 0 Å². The molecule has 9 nitrogen and oxygen atoms in total. The van der Waals surface area contributed by atoms with Gasteiger partial charge in [-0.05, 0) is 0 Å². The van der Waals surface area contributed by atoms with Gasteiger partial charge in [0.2, 0.25) is 0 Å². The lowest BCUT2D eigenvalue weighted by Crippen LogP contribution is -2.37. The highest BCUT2D eigenvalue weighted by Crippen LogP contribution is 2.21. The Labute approximate surface area is 136 Å². The van der Waals surface area contributed by atoms with Crippen LogP contribution in [0.4, 0.5) is 8.78 Å². The molecule has 2 fully saturated rings. The van der Waals surface area contributed by atoms with Crippen LogP contribution in [0.25, 0.3) is 0 Å². The summed E-state index contributed by atoms with van der Waals surface area (Å²) in [5, 5.41) is -4.58. The molecule has 0 aromatic rings. The topological polar surface area (TPSA) is 124 Å². The van der Waals surface area contributed by atoms with E-state index in [0.29, 0.717) is 13.2 Å². The van der Waals surface area contributed by atoms with Crippen molar-refractivity contribution >= 4 is 16.1 Å². The lowest BCUT2D eigenvalue weighted by Gasteiger charge is -2.18. The number of carbonyl (C=O) groups is 1. The molecule has 2 atom stereocenters. The Kier molecular flexibility index (Phi) is 6.45. The van der Waals surface area contributed by atoms with E-state index < -0.39 is 33.9 Å². The zero-order valence-electron chi connectivity index (χ0n) is 12.6. The van der Waals surface area contributed by atoms with Crippen molar-refractivity contribution in [2.75, 3.05) is 46.2 Å². The van der Waals surface area contributed by atoms with Crippen molar-refractivity contribution in [2.24, 2.45) is 5.92 Å². The van der Waals surface area contributed by atoms with Gasteiger partial charge in [-0.3, -0.25) is 9.35 Å². The minimum atomic E-state index is -5.67. The van der Waals surface area contributed by atoms with Crippen molar-refractivity contribution < 1.29 is 50.2 Å². The number of ether oxygens (including phenoxy) is 5. The average Bonchev–Trinajstić information content (AvgIpc) is 3.36. The van der Waals surface area contributed by atoms with E-state index in [2.05, 4.69) is 4.74 Å². The molecule has 0 spiro atoms. The van der Waals surface area contributed by atoms with Gasteiger partial charge >= 0.3 is 21.3 Å². The van der Waals surface area contributed by atoms with E-state index in [-0.39, 0.29) is 38.6 Å². The number of hydrogen-bond acceptors (Lipinski definition) is 8. The Morgan fingerprint density at radius 2 is 1.62 bits per heavy atom. The second kappa shape index (κ2) is 7.97. The molecule has 2 rings (SSSR count). The molecule has 2 heterocycles. The Hall–Kier alpha value is -0.920. The van der Waals surface area contributed by atoms with Crippen molar-refractivity contribution in [3.8, 4) is 0 Å². The van der Waals surface area contributed by atoms with E-state index in [0.717, 1.165) is 0 Å². The summed E-state index contributed by atoms with van der Waals surface area (Å²) in [6.45, 7) is -0.564. The van der Waals surface area contributed by atoms with E-state index in [1.165, 1.54) is 0 Å². The molecule has 0 amide bonds. The standard InChI is InChI=1S/C12H18F2O9S/c13-12(14,24(16,17)18)7-23-11(15)8(1-19-3-9-5-21-9)2-20-4-10-6-22-10/h8-10H,1-7H2,(H,16,17,18). The number of esters is 1. The first-order chi connectivity index (χ1) is 11.2. The third kappa shape index (κ3) is 6.53. The molecule has 2 saturated heterocycles. The molecule has 0 aliphatic carbocycles. The summed E-state index contributed by atoms with van der Waals surface area (Å²) >= 11 is 0. The second-order valence-corrected chi connectivity index (χ2v) is 6.95. The first kappa shape index (κ1) is 19.4. The fourth-order valence-corrected chi connectivity index (χ4v) is 1.75. The summed E-state index contributed by atoms with van der Waals surface area (Å²) in [4.78, 5) is 11.8. The van der Waals surface area contributed by atoms with Crippen LogP contribution in [0.2, 0.25) is 0 Å². The van der Waals surface area contributed by atoms with Gasteiger partial charge in [-0.1, -0.05) is 0 Å². The third-order valence-electron chi connectivity index (χ3n) is 3.14. The highest BCUT2D eigenvalue weighted by atomic mass is 32.2. The molecular formula is C12H18F2O9S. The highest BCUT2D eigenvalue weighted by Gasteiger charge is 2.46. The molecular weight excluding hydrogens is 358 g/mol. The van der Waals surface area contributed by atoms with E-state index in [9.17, 15) is 22.0 Å². The predicted octanol–water partition coefficient (Wildman–Crippen LogP) is -0.543. The summed E-state index contributed by atoms with van der Waals surface area (Å²) in [6, 6.07) is 0. The number of alkyl halides is 2. The fraction of sp³-hybridized carbons (Fsp3) is 0.917. The minimum absolute atomic E-state index is 0.0497. The fourth-order valence-electron chi connectivity index (χ4n) is 1.54. The lowest BCUT2D eigenvalue weighted by molar-refractivity contribution is -0.159. The third-order valence-corrected chi connectivity index (χ3v) is 4.02. The molecule has 2 aliphatic heterocycles. The van der Waals surface area contributed by atoms with Crippen LogP contribution in [0, 0.1) is 5.92 Å². The van der Waals surface area contributed by atoms with Gasteiger partial charge in [0, 0.05) is 0 Å². The van der Waals surface area contributed by atoms with Gasteiger partial charge in [0.05, 0.1) is 39.6 Å². The number of halogens is 2. The molecule has 0 saturated carbocycles. The van der Waals surface area contributed by atoms with Crippen LogP contribution in [-0.2, 0) is 38.6 Å². The average molecular weight is 376 g/mol. The molecule has 0 bridgehead atoms. The number of carbonyl (C=O) groups excluding carboxylic acids is 1. The molecule has 140 valence electrons. The van der Waals surface area contributed by atoms with Gasteiger partial charge in [-0.25, -0.2) is 0 Å². The number of epoxide rings is 2. The van der Waals surface area contributed by atoms with E-state index in [1.54, 1.807) is 0 Å². The van der Waals surface area contributed by atoms with Crippen molar-refractivity contribution in [1.82, 2.24) is 0 Å². The summed E-state index contributed by atoms with van der Waals surface area (Å²) in [6.07, 6.45) is -0.0994. The van der Waals surface area contributed by atoms with E-state index >= 15 is 0 Å². The first-order valence-electron chi connectivity index (χ1n) is 7.09. The molecule has 24 heavy (non-hydrogen) atoms. The van der Waals surface area contributed by atoms with Crippen LogP contribution in [0.15, 0.2) is 0 Å². The summed E-state index contributed by atoms with van der Waals surface area (Å²) in [5.41, 5.74) is 0. The Morgan fingerprint density at radius 3 is 2.00 bits per heavy atom. The molecule has 0 radical (unpaired) electrons. The summed E-state index contributed by atoms with van der Waals surface area (Å²) in [7, 11) is -5.67. The summed E-state index contributed by atoms with van der Waals surface area (Å²) < 4.78 is 80.1. The van der Waals surface area contributed by atoms with Gasteiger partial charge in [0.25, 0.3) is 0 Å². The van der Waals surface area contributed by atoms with Gasteiger partial charge in [-0.2, -0.15) is 17.2 Å². The molecule has 0 aromatic carbocycles. The lowest BCUT2D eigenvalue weighted by atomic mass is 10.2. The van der Waals surface area contributed by atoms with Crippen LogP contribution < -0.4 is 0 Å². The monoisotopic (exact) mass is 376 g/mol. The van der Waals surface area contributed by atoms with Crippen LogP contribution in [0.5, 0.6) is 0 Å². The van der Waals surface area contributed by atoms with Crippen LogP contribution in [-0.4, -0.2) is 82.7 Å². The maximum Gasteiger partial charge on any atom is 0.402 e. The molecule has 2 aliphatic rings. The van der Waals surface area contributed by atoms with Gasteiger partial charge < -0.3 is 23.7 Å². The van der Waals surface area contributed by atoms with Gasteiger partial charge in [0.15, 0.2) is 6.61 Å². The van der Waals surface area contributed by atoms with Crippen LogP contribution >= 0.6 is 0 Å². The highest BCUT2D eigenvalue weighted by molar-refractivity contribution is 7.86. The van der Waals surface area contributed by atoms with Crippen molar-refractivity contribution in [3.05, 3.63) is 0 Å². The van der Waals surface area contributed by atoms with Gasteiger partial charge in [0.1, 0.15) is 18.1 Å². The largest absolute Gasteiger partial charge is 0.458 e. The zero-order valence-corrected chi connectivity index (χ0v) is 13.4. The predicted molar refractivity (Wildman–Crippen MR) is 72.1 cm³/mol. The number of rotatable bonds is 12. The Morgan fingerprint density at radius 1 is 1.17 bits per heavy atom. The Balaban J connectivity index is 1.78. The SMILES string of the molecule is O=C(OCC(F)(F)S(=O)(=O)O)C(COCC1CO1)COCC1CO1. The van der Waals surface area contributed by atoms with Crippen molar-refractivity contribution in [2.45, 2.75) is 17.5 Å². The second-order valence-electron chi connectivity index (χ2n) is 5.40. The molecule has 12 heteroatoms. The van der Waals surface area contributed by atoms with E-state index in [1.807, 2.05) is 0 Å². The maximum atomic E-state index is 13.1. The van der Waals surface area contributed by atoms with Crippen molar-refractivity contribution in [3.63, 3.8) is 0 Å². The Bertz CT molecular complexity index is 513. The molecule has 0 aromatic heterocycles. The minimum Gasteiger partial charge on any atom is -0.458 e. The smallest absolute Gasteiger partial charge is 0.402 e. The van der Waals surface area contributed by atoms with Crippen molar-refractivity contribution in [1.29, 1.82) is 0 Å². The first-order valence-corrected chi connectivity index (χ1v) is 8.53. The zero-order chi connectivity index (χ0) is 17.8. The molecule has 1 N–H and O–H groups in total. The summed E-state index contributed by atoms with van der Waals surface area (Å²) in [5.74, 6) is -2.15. The maximum absolute atomic E-state index is 13.1. The molecule has 2 unspecified atom stereocenters.